The van der Waals surface area contributed by atoms with Gasteiger partial charge in [0.25, 0.3) is 0 Å². The summed E-state index contributed by atoms with van der Waals surface area (Å²) in [7, 11) is 0. The Kier molecular flexibility index (Phi) is 5.90. The molecule has 0 bridgehead atoms. The van der Waals surface area contributed by atoms with Crippen LogP contribution in [0, 0.1) is 5.82 Å². The van der Waals surface area contributed by atoms with E-state index < -0.39 is 0 Å². The van der Waals surface area contributed by atoms with Gasteiger partial charge in [-0.1, -0.05) is 33.4 Å². The minimum atomic E-state index is -0.245. The van der Waals surface area contributed by atoms with Crippen molar-refractivity contribution in [2.75, 3.05) is 0 Å². The molecular formula is C16H20FNS. The highest BCUT2D eigenvalue weighted by Crippen LogP contribution is 2.31. The van der Waals surface area contributed by atoms with Crippen molar-refractivity contribution in [2.45, 2.75) is 34.1 Å². The predicted molar refractivity (Wildman–Crippen MR) is 84.0 cm³/mol. The van der Waals surface area contributed by atoms with Gasteiger partial charge in [-0.15, -0.1) is 11.3 Å². The third kappa shape index (κ3) is 3.51. The Bertz CT molecular complexity index is 596. The fourth-order valence-electron chi connectivity index (χ4n) is 1.69. The SMILES string of the molecule is C=C(CC)/C(=C\C)c1nc2cc(F)ccc2s1.CC. The van der Waals surface area contributed by atoms with Crippen molar-refractivity contribution in [3.63, 3.8) is 0 Å². The van der Waals surface area contributed by atoms with Gasteiger partial charge in [-0.2, -0.15) is 0 Å². The maximum absolute atomic E-state index is 13.1. The molecule has 102 valence electrons. The number of nitrogens with zero attached hydrogens (tertiary/aromatic N) is 1. The lowest BCUT2D eigenvalue weighted by Crippen LogP contribution is -1.86. The molecule has 2 rings (SSSR count). The molecule has 0 aliphatic carbocycles. The van der Waals surface area contributed by atoms with Crippen molar-refractivity contribution in [3.05, 3.63) is 47.3 Å². The first-order valence-corrected chi connectivity index (χ1v) is 7.38. The molecule has 0 spiro atoms. The molecule has 1 nitrogen and oxygen atoms in total. The van der Waals surface area contributed by atoms with E-state index in [1.807, 2.05) is 26.8 Å². The number of rotatable bonds is 3. The van der Waals surface area contributed by atoms with Crippen LogP contribution in [0.4, 0.5) is 4.39 Å². The lowest BCUT2D eigenvalue weighted by Gasteiger charge is -2.03. The Balaban J connectivity index is 0.000000861. The van der Waals surface area contributed by atoms with Gasteiger partial charge in [0, 0.05) is 11.6 Å². The van der Waals surface area contributed by atoms with Gasteiger partial charge >= 0.3 is 0 Å². The molecule has 0 radical (unpaired) electrons. The summed E-state index contributed by atoms with van der Waals surface area (Å²) in [5.74, 6) is -0.245. The molecule has 0 unspecified atom stereocenters. The summed E-state index contributed by atoms with van der Waals surface area (Å²) < 4.78 is 14.1. The fourth-order valence-corrected chi connectivity index (χ4v) is 2.75. The van der Waals surface area contributed by atoms with Crippen LogP contribution < -0.4 is 0 Å². The smallest absolute Gasteiger partial charge is 0.125 e. The van der Waals surface area contributed by atoms with Crippen LogP contribution in [0.1, 0.15) is 39.1 Å². The van der Waals surface area contributed by atoms with Crippen molar-refractivity contribution in [2.24, 2.45) is 0 Å². The monoisotopic (exact) mass is 277 g/mol. The van der Waals surface area contributed by atoms with E-state index in [0.717, 1.165) is 27.3 Å². The van der Waals surface area contributed by atoms with Crippen LogP contribution in [0.25, 0.3) is 15.8 Å². The molecule has 0 aliphatic heterocycles. The highest BCUT2D eigenvalue weighted by atomic mass is 32.1. The molecule has 1 aromatic heterocycles. The molecule has 0 aliphatic rings. The first kappa shape index (κ1) is 15.6. The molecule has 0 N–H and O–H groups in total. The zero-order valence-corrected chi connectivity index (χ0v) is 12.8. The highest BCUT2D eigenvalue weighted by molar-refractivity contribution is 7.19. The van der Waals surface area contributed by atoms with E-state index in [1.165, 1.54) is 12.1 Å². The largest absolute Gasteiger partial charge is 0.236 e. The van der Waals surface area contributed by atoms with Crippen LogP contribution >= 0.6 is 11.3 Å². The van der Waals surface area contributed by atoms with Gasteiger partial charge in [-0.05, 0) is 31.1 Å². The summed E-state index contributed by atoms with van der Waals surface area (Å²) in [5, 5.41) is 0.917. The number of aromatic nitrogens is 1. The lowest BCUT2D eigenvalue weighted by molar-refractivity contribution is 0.629. The molecule has 0 fully saturated rings. The number of hydrogen-bond donors (Lipinski definition) is 0. The Labute approximate surface area is 118 Å². The van der Waals surface area contributed by atoms with Gasteiger partial charge in [0.1, 0.15) is 10.8 Å². The van der Waals surface area contributed by atoms with Crippen LogP contribution in [-0.4, -0.2) is 4.98 Å². The second kappa shape index (κ2) is 7.19. The highest BCUT2D eigenvalue weighted by Gasteiger charge is 2.10. The summed E-state index contributed by atoms with van der Waals surface area (Å²) in [6, 6.07) is 4.71. The van der Waals surface area contributed by atoms with Crippen molar-refractivity contribution in [1.82, 2.24) is 4.98 Å². The normalized spacial score (nSPS) is 11.1. The van der Waals surface area contributed by atoms with E-state index in [2.05, 4.69) is 18.5 Å². The van der Waals surface area contributed by atoms with Crippen molar-refractivity contribution >= 4 is 27.1 Å². The van der Waals surface area contributed by atoms with Crippen LogP contribution in [0.3, 0.4) is 0 Å². The Hall–Kier alpha value is -1.48. The summed E-state index contributed by atoms with van der Waals surface area (Å²) in [5.41, 5.74) is 2.84. The number of hydrogen-bond acceptors (Lipinski definition) is 2. The van der Waals surface area contributed by atoms with E-state index in [4.69, 9.17) is 0 Å². The average Bonchev–Trinajstić information content (AvgIpc) is 2.84. The Morgan fingerprint density at radius 3 is 2.68 bits per heavy atom. The maximum atomic E-state index is 13.1. The number of thiazole rings is 1. The van der Waals surface area contributed by atoms with E-state index in [0.29, 0.717) is 5.52 Å². The summed E-state index contributed by atoms with van der Waals surface area (Å²) in [6.45, 7) is 12.1. The summed E-state index contributed by atoms with van der Waals surface area (Å²) >= 11 is 1.58. The van der Waals surface area contributed by atoms with E-state index >= 15 is 0 Å². The third-order valence-corrected chi connectivity index (χ3v) is 3.75. The molecule has 0 atom stereocenters. The minimum absolute atomic E-state index is 0.245. The van der Waals surface area contributed by atoms with Crippen molar-refractivity contribution in [3.8, 4) is 0 Å². The van der Waals surface area contributed by atoms with Crippen molar-refractivity contribution < 1.29 is 4.39 Å². The first-order valence-electron chi connectivity index (χ1n) is 6.56. The molecule has 3 heteroatoms. The van der Waals surface area contributed by atoms with Crippen LogP contribution in [0.5, 0.6) is 0 Å². The third-order valence-electron chi connectivity index (χ3n) is 2.68. The van der Waals surface area contributed by atoms with Gasteiger partial charge in [0.15, 0.2) is 0 Å². The van der Waals surface area contributed by atoms with Gasteiger partial charge in [0.2, 0.25) is 0 Å². The zero-order valence-electron chi connectivity index (χ0n) is 12.0. The van der Waals surface area contributed by atoms with Crippen LogP contribution in [0.15, 0.2) is 36.4 Å². The van der Waals surface area contributed by atoms with E-state index in [9.17, 15) is 4.39 Å². The number of fused-ring (bicyclic) bond motifs is 1. The summed E-state index contributed by atoms with van der Waals surface area (Å²) in [6.07, 6.45) is 2.91. The maximum Gasteiger partial charge on any atom is 0.125 e. The molecule has 2 aromatic rings. The quantitative estimate of drug-likeness (QED) is 0.643. The first-order chi connectivity index (χ1) is 9.15. The Morgan fingerprint density at radius 2 is 2.11 bits per heavy atom. The van der Waals surface area contributed by atoms with Crippen molar-refractivity contribution in [1.29, 1.82) is 0 Å². The van der Waals surface area contributed by atoms with Crippen LogP contribution in [-0.2, 0) is 0 Å². The van der Waals surface area contributed by atoms with Crippen LogP contribution in [0.2, 0.25) is 0 Å². The predicted octanol–water partition coefficient (Wildman–Crippen LogP) is 5.83. The Morgan fingerprint density at radius 1 is 1.42 bits per heavy atom. The van der Waals surface area contributed by atoms with Gasteiger partial charge in [-0.3, -0.25) is 0 Å². The molecule has 1 aromatic carbocycles. The number of halogens is 1. The standard InChI is InChI=1S/C14H14FNS.C2H6/c1-4-9(3)11(5-2)14-16-12-8-10(15)6-7-13(12)17-14;1-2/h5-8H,3-4H2,1-2H3;1-2H3/b11-5+;. The van der Waals surface area contributed by atoms with E-state index in [-0.39, 0.29) is 5.82 Å². The molecule has 1 heterocycles. The molecular weight excluding hydrogens is 257 g/mol. The topological polar surface area (TPSA) is 12.9 Å². The average molecular weight is 277 g/mol. The van der Waals surface area contributed by atoms with E-state index in [1.54, 1.807) is 17.4 Å². The number of benzene rings is 1. The fraction of sp³-hybridized carbons (Fsp3) is 0.312. The second-order valence-corrected chi connectivity index (χ2v) is 4.82. The molecule has 0 amide bonds. The van der Waals surface area contributed by atoms with Gasteiger partial charge < -0.3 is 0 Å². The van der Waals surface area contributed by atoms with Gasteiger partial charge in [0.05, 0.1) is 10.2 Å². The molecule has 19 heavy (non-hydrogen) atoms. The van der Waals surface area contributed by atoms with Gasteiger partial charge in [-0.25, -0.2) is 9.37 Å². The number of allylic oxidation sites excluding steroid dienone is 3. The molecule has 0 saturated carbocycles. The lowest BCUT2D eigenvalue weighted by atomic mass is 10.1. The second-order valence-electron chi connectivity index (χ2n) is 3.79. The minimum Gasteiger partial charge on any atom is -0.236 e. The summed E-state index contributed by atoms with van der Waals surface area (Å²) in [4.78, 5) is 4.46. The molecule has 0 saturated heterocycles. The zero-order chi connectivity index (χ0) is 14.4.